The van der Waals surface area contributed by atoms with E-state index in [-0.39, 0.29) is 12.5 Å². The van der Waals surface area contributed by atoms with Crippen molar-refractivity contribution in [3.8, 4) is 27.7 Å². The number of hydrogen-bond donors (Lipinski definition) is 1. The Hall–Kier alpha value is -2.97. The van der Waals surface area contributed by atoms with Gasteiger partial charge >= 0.3 is 0 Å². The molecule has 1 N–H and O–H groups in total. The maximum absolute atomic E-state index is 12.5. The Kier molecular flexibility index (Phi) is 5.96. The summed E-state index contributed by atoms with van der Waals surface area (Å²) in [5, 5.41) is 3.35. The van der Waals surface area contributed by atoms with Crippen LogP contribution in [0.25, 0.3) is 22.0 Å². The van der Waals surface area contributed by atoms with Crippen LogP contribution in [0.2, 0.25) is 0 Å². The van der Waals surface area contributed by atoms with Crippen molar-refractivity contribution in [3.05, 3.63) is 71.0 Å². The van der Waals surface area contributed by atoms with Crippen LogP contribution in [-0.4, -0.2) is 27.0 Å². The van der Waals surface area contributed by atoms with Gasteiger partial charge in [0, 0.05) is 25.0 Å². The zero-order valence-electron chi connectivity index (χ0n) is 16.4. The number of carbonyl (C=O) groups excluding carboxylic acids is 1. The topological polar surface area (TPSA) is 69.0 Å². The molecule has 0 atom stereocenters. The number of hydrogen-bond acceptors (Lipinski definition) is 5. The lowest BCUT2D eigenvalue weighted by atomic mass is 10.1. The van der Waals surface area contributed by atoms with Crippen molar-refractivity contribution < 1.29 is 9.53 Å². The van der Waals surface area contributed by atoms with E-state index in [1.54, 1.807) is 6.20 Å². The molecule has 2 aromatic carbocycles. The number of nitrogens with one attached hydrogen (secondary N) is 1. The molecule has 6 nitrogen and oxygen atoms in total. The molecule has 0 fully saturated rings. The fraction of sp³-hybridized carbons (Fsp3) is 0.136. The molecule has 2 heterocycles. The summed E-state index contributed by atoms with van der Waals surface area (Å²) in [4.78, 5) is 22.5. The number of aryl methyl sites for hydroxylation is 2. The second-order valence-corrected chi connectivity index (χ2v) is 8.55. The number of aromatic nitrogens is 3. The molecule has 8 heteroatoms. The van der Waals surface area contributed by atoms with Gasteiger partial charge in [-0.2, -0.15) is 0 Å². The first kappa shape index (κ1) is 20.3. The monoisotopic (exact) mass is 482 g/mol. The van der Waals surface area contributed by atoms with Gasteiger partial charge in [-0.1, -0.05) is 47.7 Å². The lowest BCUT2D eigenvalue weighted by Gasteiger charge is -2.08. The van der Waals surface area contributed by atoms with Gasteiger partial charge in [0.05, 0.1) is 15.0 Å². The average Bonchev–Trinajstić information content (AvgIpc) is 3.33. The Morgan fingerprint density at radius 2 is 2.03 bits per heavy atom. The van der Waals surface area contributed by atoms with Gasteiger partial charge in [-0.25, -0.2) is 9.97 Å². The predicted octanol–water partition coefficient (Wildman–Crippen LogP) is 5.30. The minimum Gasteiger partial charge on any atom is -0.483 e. The van der Waals surface area contributed by atoms with Crippen LogP contribution in [0, 0.1) is 6.92 Å². The molecular weight excluding hydrogens is 464 g/mol. The zero-order chi connectivity index (χ0) is 21.1. The number of thiazole rings is 1. The quantitative estimate of drug-likeness (QED) is 0.404. The highest BCUT2D eigenvalue weighted by molar-refractivity contribution is 9.10. The summed E-state index contributed by atoms with van der Waals surface area (Å²) in [6.45, 7) is 1.88. The van der Waals surface area contributed by atoms with Crippen LogP contribution in [0.5, 0.6) is 5.75 Å². The molecule has 152 valence electrons. The van der Waals surface area contributed by atoms with E-state index in [4.69, 9.17) is 4.74 Å². The van der Waals surface area contributed by atoms with E-state index >= 15 is 0 Å². The van der Waals surface area contributed by atoms with Gasteiger partial charge in [0.25, 0.3) is 5.91 Å². The van der Waals surface area contributed by atoms with Crippen LogP contribution < -0.4 is 10.1 Å². The molecule has 0 aliphatic rings. The molecule has 0 radical (unpaired) electrons. The number of anilines is 1. The minimum absolute atomic E-state index is 0.111. The molecule has 4 rings (SSSR count). The number of benzene rings is 2. The normalized spacial score (nSPS) is 10.8. The van der Waals surface area contributed by atoms with Crippen LogP contribution in [0.1, 0.15) is 5.56 Å². The molecular formula is C22H19BrN4O2S. The van der Waals surface area contributed by atoms with Gasteiger partial charge in [0.15, 0.2) is 17.6 Å². The third kappa shape index (κ3) is 4.44. The Morgan fingerprint density at radius 1 is 1.23 bits per heavy atom. The van der Waals surface area contributed by atoms with Gasteiger partial charge in [-0.3, -0.25) is 10.1 Å². The molecule has 0 aliphatic heterocycles. The number of halogens is 1. The number of amides is 1. The first-order valence-electron chi connectivity index (χ1n) is 9.24. The SMILES string of the molecule is Cc1ccc(OCC(=O)Nc2nc(-c3ccccc3)c(-c3nccn3C)s2)c(Br)c1. The number of ether oxygens (including phenoxy) is 1. The van der Waals surface area contributed by atoms with Crippen molar-refractivity contribution in [2.75, 3.05) is 11.9 Å². The third-order valence-electron chi connectivity index (χ3n) is 4.39. The molecule has 0 bridgehead atoms. The highest BCUT2D eigenvalue weighted by Gasteiger charge is 2.19. The van der Waals surface area contributed by atoms with Gasteiger partial charge in [0.1, 0.15) is 5.75 Å². The van der Waals surface area contributed by atoms with Crippen LogP contribution in [0.4, 0.5) is 5.13 Å². The Labute approximate surface area is 186 Å². The number of rotatable bonds is 6. The smallest absolute Gasteiger partial charge is 0.264 e. The number of nitrogens with zero attached hydrogens (tertiary/aromatic N) is 3. The summed E-state index contributed by atoms with van der Waals surface area (Å²) in [5.41, 5.74) is 2.86. The fourth-order valence-corrected chi connectivity index (χ4v) is 4.57. The van der Waals surface area contributed by atoms with Gasteiger partial charge in [-0.05, 0) is 40.5 Å². The molecule has 4 aromatic rings. The van der Waals surface area contributed by atoms with Crippen LogP contribution in [0.3, 0.4) is 0 Å². The summed E-state index contributed by atoms with van der Waals surface area (Å²) in [6, 6.07) is 15.6. The largest absolute Gasteiger partial charge is 0.483 e. The molecule has 1 amide bonds. The van der Waals surface area contributed by atoms with E-state index in [0.717, 1.165) is 32.0 Å². The Morgan fingerprint density at radius 3 is 2.73 bits per heavy atom. The highest BCUT2D eigenvalue weighted by atomic mass is 79.9. The van der Waals surface area contributed by atoms with E-state index in [1.165, 1.54) is 11.3 Å². The van der Waals surface area contributed by atoms with E-state index in [0.29, 0.717) is 10.9 Å². The fourth-order valence-electron chi connectivity index (χ4n) is 2.92. The Balaban J connectivity index is 1.55. The molecule has 0 saturated carbocycles. The molecule has 0 spiro atoms. The lowest BCUT2D eigenvalue weighted by Crippen LogP contribution is -2.20. The van der Waals surface area contributed by atoms with E-state index in [1.807, 2.05) is 73.3 Å². The molecule has 0 aliphatic carbocycles. The van der Waals surface area contributed by atoms with Crippen LogP contribution in [-0.2, 0) is 11.8 Å². The summed E-state index contributed by atoms with van der Waals surface area (Å²) >= 11 is 4.85. The standard InChI is InChI=1S/C22H19BrN4O2S/c1-14-8-9-17(16(23)12-14)29-13-18(28)25-22-26-19(15-6-4-3-5-7-15)20(30-22)21-24-10-11-27(21)2/h3-12H,13H2,1-2H3,(H,25,26,28). The van der Waals surface area contributed by atoms with Crippen molar-refractivity contribution in [1.82, 2.24) is 14.5 Å². The number of carbonyl (C=O) groups is 1. The maximum Gasteiger partial charge on any atom is 0.264 e. The summed E-state index contributed by atoms with van der Waals surface area (Å²) in [5.74, 6) is 1.14. The van der Waals surface area contributed by atoms with Gasteiger partial charge < -0.3 is 9.30 Å². The van der Waals surface area contributed by atoms with Crippen molar-refractivity contribution in [1.29, 1.82) is 0 Å². The van der Waals surface area contributed by atoms with E-state index in [9.17, 15) is 4.79 Å². The maximum atomic E-state index is 12.5. The van der Waals surface area contributed by atoms with Crippen LogP contribution in [0.15, 0.2) is 65.4 Å². The molecule has 0 saturated heterocycles. The third-order valence-corrected chi connectivity index (χ3v) is 5.98. The van der Waals surface area contributed by atoms with Crippen molar-refractivity contribution in [2.45, 2.75) is 6.92 Å². The molecule has 0 unspecified atom stereocenters. The van der Waals surface area contributed by atoms with Crippen molar-refractivity contribution >= 4 is 38.3 Å². The van der Waals surface area contributed by atoms with Crippen molar-refractivity contribution in [2.24, 2.45) is 7.05 Å². The number of imidazole rings is 1. The summed E-state index contributed by atoms with van der Waals surface area (Å²) in [7, 11) is 1.93. The zero-order valence-corrected chi connectivity index (χ0v) is 18.8. The van der Waals surface area contributed by atoms with E-state index < -0.39 is 0 Å². The van der Waals surface area contributed by atoms with Gasteiger partial charge in [-0.15, -0.1) is 0 Å². The summed E-state index contributed by atoms with van der Waals surface area (Å²) < 4.78 is 8.39. The van der Waals surface area contributed by atoms with E-state index in [2.05, 4.69) is 31.2 Å². The van der Waals surface area contributed by atoms with Crippen LogP contribution >= 0.6 is 27.3 Å². The predicted molar refractivity (Wildman–Crippen MR) is 123 cm³/mol. The van der Waals surface area contributed by atoms with Crippen molar-refractivity contribution in [3.63, 3.8) is 0 Å². The lowest BCUT2D eigenvalue weighted by molar-refractivity contribution is -0.118. The average molecular weight is 483 g/mol. The summed E-state index contributed by atoms with van der Waals surface area (Å²) in [6.07, 6.45) is 3.63. The Bertz CT molecular complexity index is 1190. The molecule has 30 heavy (non-hydrogen) atoms. The molecule has 2 aromatic heterocycles. The second-order valence-electron chi connectivity index (χ2n) is 6.70. The first-order valence-corrected chi connectivity index (χ1v) is 10.8. The minimum atomic E-state index is -0.276. The van der Waals surface area contributed by atoms with Gasteiger partial charge in [0.2, 0.25) is 0 Å². The highest BCUT2D eigenvalue weighted by Crippen LogP contribution is 2.38. The first-order chi connectivity index (χ1) is 14.5. The second kappa shape index (κ2) is 8.81.